The summed E-state index contributed by atoms with van der Waals surface area (Å²) in [7, 11) is 0. The average Bonchev–Trinajstić information content (AvgIpc) is 2.14. The Kier molecular flexibility index (Phi) is 4.33. The Morgan fingerprint density at radius 2 is 2.20 bits per heavy atom. The number of carbonyl (C=O) groups excluding carboxylic acids is 1. The van der Waals surface area contributed by atoms with Crippen molar-refractivity contribution in [1.29, 1.82) is 0 Å². The maximum absolute atomic E-state index is 11.5. The highest BCUT2D eigenvalue weighted by molar-refractivity contribution is 5.78. The van der Waals surface area contributed by atoms with Gasteiger partial charge in [0.15, 0.2) is 0 Å². The lowest BCUT2D eigenvalue weighted by Crippen LogP contribution is -2.46. The lowest BCUT2D eigenvalue weighted by atomic mass is 10.0. The van der Waals surface area contributed by atoms with Crippen molar-refractivity contribution in [3.05, 3.63) is 12.2 Å². The van der Waals surface area contributed by atoms with E-state index in [4.69, 9.17) is 0 Å². The molecule has 0 aromatic rings. The molecule has 0 saturated heterocycles. The van der Waals surface area contributed by atoms with Crippen LogP contribution in [0.25, 0.3) is 0 Å². The molecule has 0 radical (unpaired) electrons. The molecule has 0 aromatic heterocycles. The second kappa shape index (κ2) is 5.31. The quantitative estimate of drug-likeness (QED) is 0.695. The number of allylic oxidation sites excluding steroid dienone is 1. The minimum atomic E-state index is -0.138. The first kappa shape index (κ1) is 12.2. The van der Waals surface area contributed by atoms with Crippen LogP contribution in [0, 0.1) is 0 Å². The molecule has 0 fully saturated rings. The summed E-state index contributed by atoms with van der Waals surface area (Å²) in [4.78, 5) is 11.5. The fourth-order valence-electron chi connectivity index (χ4n) is 1.67. The zero-order valence-electron chi connectivity index (χ0n) is 9.97. The van der Waals surface area contributed by atoms with Crippen LogP contribution in [-0.4, -0.2) is 24.0 Å². The van der Waals surface area contributed by atoms with E-state index in [1.54, 1.807) is 0 Å². The van der Waals surface area contributed by atoms with Crippen molar-refractivity contribution in [2.24, 2.45) is 0 Å². The number of nitrogens with one attached hydrogen (secondary N) is 2. The predicted octanol–water partition coefficient (Wildman–Crippen LogP) is 1.60. The van der Waals surface area contributed by atoms with Crippen molar-refractivity contribution in [2.45, 2.75) is 51.6 Å². The van der Waals surface area contributed by atoms with E-state index in [-0.39, 0.29) is 11.4 Å². The van der Waals surface area contributed by atoms with Crippen LogP contribution in [0.5, 0.6) is 0 Å². The van der Waals surface area contributed by atoms with E-state index in [2.05, 4.69) is 22.8 Å². The SMILES string of the molecule is CC(C)(C)NC(=O)CNC1C=CCCC1. The maximum Gasteiger partial charge on any atom is 0.234 e. The summed E-state index contributed by atoms with van der Waals surface area (Å²) in [5.41, 5.74) is -0.138. The fraction of sp³-hybridized carbons (Fsp3) is 0.750. The number of rotatable bonds is 3. The number of amides is 1. The molecule has 1 aliphatic carbocycles. The first-order chi connectivity index (χ1) is 6.97. The molecule has 86 valence electrons. The lowest BCUT2D eigenvalue weighted by molar-refractivity contribution is -0.121. The first-order valence-corrected chi connectivity index (χ1v) is 5.68. The second-order valence-corrected chi connectivity index (χ2v) is 5.14. The Bertz CT molecular complexity index is 240. The van der Waals surface area contributed by atoms with E-state index in [0.29, 0.717) is 12.6 Å². The molecular formula is C12H22N2O. The van der Waals surface area contributed by atoms with Crippen LogP contribution in [0.15, 0.2) is 12.2 Å². The number of hydrogen-bond acceptors (Lipinski definition) is 2. The molecule has 1 aliphatic rings. The lowest BCUT2D eigenvalue weighted by Gasteiger charge is -2.22. The third kappa shape index (κ3) is 5.57. The van der Waals surface area contributed by atoms with Gasteiger partial charge in [0.1, 0.15) is 0 Å². The molecule has 0 saturated carbocycles. The molecule has 15 heavy (non-hydrogen) atoms. The molecule has 0 aromatic carbocycles. The van der Waals surface area contributed by atoms with Crippen molar-refractivity contribution in [3.63, 3.8) is 0 Å². The van der Waals surface area contributed by atoms with E-state index in [0.717, 1.165) is 6.42 Å². The Hall–Kier alpha value is -0.830. The van der Waals surface area contributed by atoms with E-state index < -0.39 is 0 Å². The molecule has 1 rings (SSSR count). The minimum Gasteiger partial charge on any atom is -0.350 e. The van der Waals surface area contributed by atoms with Gasteiger partial charge in [0, 0.05) is 11.6 Å². The molecule has 1 atom stereocenters. The van der Waals surface area contributed by atoms with Crippen LogP contribution in [0.1, 0.15) is 40.0 Å². The highest BCUT2D eigenvalue weighted by atomic mass is 16.2. The largest absolute Gasteiger partial charge is 0.350 e. The van der Waals surface area contributed by atoms with Gasteiger partial charge >= 0.3 is 0 Å². The summed E-state index contributed by atoms with van der Waals surface area (Å²) in [6.45, 7) is 6.38. The summed E-state index contributed by atoms with van der Waals surface area (Å²) >= 11 is 0. The summed E-state index contributed by atoms with van der Waals surface area (Å²) in [6.07, 6.45) is 7.87. The highest BCUT2D eigenvalue weighted by Crippen LogP contribution is 2.09. The molecule has 0 heterocycles. The van der Waals surface area contributed by atoms with Crippen LogP contribution in [0.2, 0.25) is 0 Å². The summed E-state index contributed by atoms with van der Waals surface area (Å²) in [6, 6.07) is 0.379. The van der Waals surface area contributed by atoms with Crippen LogP contribution in [-0.2, 0) is 4.79 Å². The topological polar surface area (TPSA) is 41.1 Å². The molecule has 0 spiro atoms. The number of carbonyl (C=O) groups is 1. The molecular weight excluding hydrogens is 188 g/mol. The monoisotopic (exact) mass is 210 g/mol. The average molecular weight is 210 g/mol. The fourth-order valence-corrected chi connectivity index (χ4v) is 1.67. The molecule has 1 amide bonds. The van der Waals surface area contributed by atoms with Gasteiger partial charge in [-0.3, -0.25) is 4.79 Å². The normalized spacial score (nSPS) is 21.4. The van der Waals surface area contributed by atoms with Crippen LogP contribution >= 0.6 is 0 Å². The van der Waals surface area contributed by atoms with Gasteiger partial charge in [0.2, 0.25) is 5.91 Å². The number of hydrogen-bond donors (Lipinski definition) is 2. The third-order valence-corrected chi connectivity index (χ3v) is 2.29. The zero-order valence-corrected chi connectivity index (χ0v) is 9.97. The van der Waals surface area contributed by atoms with Gasteiger partial charge in [-0.15, -0.1) is 0 Å². The van der Waals surface area contributed by atoms with Crippen molar-refractivity contribution in [3.8, 4) is 0 Å². The van der Waals surface area contributed by atoms with Crippen molar-refractivity contribution >= 4 is 5.91 Å². The van der Waals surface area contributed by atoms with Gasteiger partial charge in [-0.05, 0) is 40.0 Å². The van der Waals surface area contributed by atoms with Crippen LogP contribution < -0.4 is 10.6 Å². The summed E-state index contributed by atoms with van der Waals surface area (Å²) in [5, 5.41) is 6.18. The zero-order chi connectivity index (χ0) is 11.3. The van der Waals surface area contributed by atoms with Gasteiger partial charge in [-0.2, -0.15) is 0 Å². The Balaban J connectivity index is 2.21. The van der Waals surface area contributed by atoms with E-state index >= 15 is 0 Å². The summed E-state index contributed by atoms with van der Waals surface area (Å²) < 4.78 is 0. The standard InChI is InChI=1S/C12H22N2O/c1-12(2,3)14-11(15)9-13-10-7-5-4-6-8-10/h5,7,10,13H,4,6,8-9H2,1-3H3,(H,14,15). The van der Waals surface area contributed by atoms with E-state index in [9.17, 15) is 4.79 Å². The Morgan fingerprint density at radius 3 is 2.73 bits per heavy atom. The van der Waals surface area contributed by atoms with Gasteiger partial charge in [-0.25, -0.2) is 0 Å². The van der Waals surface area contributed by atoms with E-state index in [1.807, 2.05) is 20.8 Å². The molecule has 2 N–H and O–H groups in total. The van der Waals surface area contributed by atoms with Crippen molar-refractivity contribution < 1.29 is 4.79 Å². The van der Waals surface area contributed by atoms with Crippen molar-refractivity contribution in [2.75, 3.05) is 6.54 Å². The molecule has 0 aliphatic heterocycles. The summed E-state index contributed by atoms with van der Waals surface area (Å²) in [5.74, 6) is 0.0708. The van der Waals surface area contributed by atoms with Crippen LogP contribution in [0.3, 0.4) is 0 Å². The Morgan fingerprint density at radius 1 is 1.47 bits per heavy atom. The molecule has 1 unspecified atom stereocenters. The smallest absolute Gasteiger partial charge is 0.234 e. The maximum atomic E-state index is 11.5. The van der Waals surface area contributed by atoms with Gasteiger partial charge in [0.05, 0.1) is 6.54 Å². The van der Waals surface area contributed by atoms with E-state index in [1.165, 1.54) is 12.8 Å². The Labute approximate surface area is 92.3 Å². The molecule has 0 bridgehead atoms. The van der Waals surface area contributed by atoms with Crippen molar-refractivity contribution in [1.82, 2.24) is 10.6 Å². The van der Waals surface area contributed by atoms with Gasteiger partial charge in [-0.1, -0.05) is 12.2 Å². The van der Waals surface area contributed by atoms with Gasteiger partial charge in [0.25, 0.3) is 0 Å². The van der Waals surface area contributed by atoms with Gasteiger partial charge < -0.3 is 10.6 Å². The third-order valence-electron chi connectivity index (χ3n) is 2.29. The second-order valence-electron chi connectivity index (χ2n) is 5.14. The highest BCUT2D eigenvalue weighted by Gasteiger charge is 2.14. The minimum absolute atomic E-state index is 0.0708. The predicted molar refractivity (Wildman–Crippen MR) is 62.7 cm³/mol. The molecule has 3 nitrogen and oxygen atoms in total. The molecule has 3 heteroatoms. The first-order valence-electron chi connectivity index (χ1n) is 5.68. The van der Waals surface area contributed by atoms with Crippen LogP contribution in [0.4, 0.5) is 0 Å².